The average molecular weight is 286 g/mol. The molecule has 0 saturated carbocycles. The summed E-state index contributed by atoms with van der Waals surface area (Å²) in [6.45, 7) is 0. The van der Waals surface area contributed by atoms with Crippen LogP contribution in [-0.2, 0) is 11.2 Å². The van der Waals surface area contributed by atoms with Crippen molar-refractivity contribution in [2.45, 2.75) is 32.1 Å². The Morgan fingerprint density at radius 3 is 2.33 bits per heavy atom. The Kier molecular flexibility index (Phi) is 5.95. The van der Waals surface area contributed by atoms with E-state index in [0.717, 1.165) is 25.7 Å². The molecule has 0 spiro atoms. The molecule has 0 aliphatic heterocycles. The number of carbonyl (C=O) groups is 1. The lowest BCUT2D eigenvalue weighted by Crippen LogP contribution is -2.07. The van der Waals surface area contributed by atoms with Crippen LogP contribution in [0.15, 0.2) is 54.6 Å². The maximum absolute atomic E-state index is 12.7. The third-order valence-corrected chi connectivity index (χ3v) is 3.23. The lowest BCUT2D eigenvalue weighted by Gasteiger charge is -2.04. The van der Waals surface area contributed by atoms with Crippen molar-refractivity contribution in [3.63, 3.8) is 0 Å². The van der Waals surface area contributed by atoms with Crippen molar-refractivity contribution >= 4 is 5.97 Å². The van der Waals surface area contributed by atoms with Crippen LogP contribution in [0.5, 0.6) is 5.75 Å². The summed E-state index contributed by atoms with van der Waals surface area (Å²) >= 11 is 0. The van der Waals surface area contributed by atoms with Crippen molar-refractivity contribution in [1.82, 2.24) is 0 Å². The zero-order valence-electron chi connectivity index (χ0n) is 11.9. The number of ether oxygens (including phenoxy) is 1. The summed E-state index contributed by atoms with van der Waals surface area (Å²) < 4.78 is 17.8. The van der Waals surface area contributed by atoms with Crippen molar-refractivity contribution in [2.75, 3.05) is 0 Å². The SMILES string of the molecule is O=C(CCCCCc1ccccc1)Oc1ccc(F)cc1. The monoisotopic (exact) mass is 286 g/mol. The lowest BCUT2D eigenvalue weighted by atomic mass is 10.1. The fraction of sp³-hybridized carbons (Fsp3) is 0.278. The van der Waals surface area contributed by atoms with Gasteiger partial charge in [0.2, 0.25) is 0 Å². The summed E-state index contributed by atoms with van der Waals surface area (Å²) in [6.07, 6.45) is 4.30. The molecule has 2 rings (SSSR count). The molecule has 2 aromatic carbocycles. The van der Waals surface area contributed by atoms with Crippen LogP contribution < -0.4 is 4.74 Å². The molecular formula is C18H19FO2. The first kappa shape index (κ1) is 15.2. The molecule has 2 nitrogen and oxygen atoms in total. The fourth-order valence-corrected chi connectivity index (χ4v) is 2.11. The predicted molar refractivity (Wildman–Crippen MR) is 80.6 cm³/mol. The Morgan fingerprint density at radius 2 is 1.62 bits per heavy atom. The largest absolute Gasteiger partial charge is 0.427 e. The van der Waals surface area contributed by atoms with E-state index >= 15 is 0 Å². The summed E-state index contributed by atoms with van der Waals surface area (Å²) in [6, 6.07) is 15.8. The van der Waals surface area contributed by atoms with Crippen LogP contribution >= 0.6 is 0 Å². The number of esters is 1. The molecule has 110 valence electrons. The summed E-state index contributed by atoms with van der Waals surface area (Å²) in [5.41, 5.74) is 1.33. The van der Waals surface area contributed by atoms with Gasteiger partial charge in [-0.25, -0.2) is 4.39 Å². The van der Waals surface area contributed by atoms with Crippen LogP contribution in [-0.4, -0.2) is 5.97 Å². The van der Waals surface area contributed by atoms with E-state index in [0.29, 0.717) is 12.2 Å². The fourth-order valence-electron chi connectivity index (χ4n) is 2.11. The smallest absolute Gasteiger partial charge is 0.311 e. The normalized spacial score (nSPS) is 10.3. The van der Waals surface area contributed by atoms with Gasteiger partial charge in [0, 0.05) is 6.42 Å². The molecule has 0 fully saturated rings. The molecule has 0 unspecified atom stereocenters. The van der Waals surface area contributed by atoms with Crippen molar-refractivity contribution < 1.29 is 13.9 Å². The Morgan fingerprint density at radius 1 is 0.905 bits per heavy atom. The second kappa shape index (κ2) is 8.20. The maximum Gasteiger partial charge on any atom is 0.311 e. The number of aryl methyl sites for hydroxylation is 1. The Labute approximate surface area is 124 Å². The standard InChI is InChI=1S/C18H19FO2/c19-16-11-13-17(14-12-16)21-18(20)10-6-2-5-9-15-7-3-1-4-8-15/h1,3-4,7-8,11-14H,2,5-6,9-10H2. The Hall–Kier alpha value is -2.16. The van der Waals surface area contributed by atoms with Crippen molar-refractivity contribution in [1.29, 1.82) is 0 Å². The highest BCUT2D eigenvalue weighted by atomic mass is 19.1. The van der Waals surface area contributed by atoms with E-state index in [2.05, 4.69) is 12.1 Å². The van der Waals surface area contributed by atoms with Crippen molar-refractivity contribution in [3.8, 4) is 5.75 Å². The summed E-state index contributed by atoms with van der Waals surface area (Å²) in [4.78, 5) is 11.6. The van der Waals surface area contributed by atoms with Crippen molar-refractivity contribution in [2.24, 2.45) is 0 Å². The van der Waals surface area contributed by atoms with Gasteiger partial charge in [-0.2, -0.15) is 0 Å². The average Bonchev–Trinajstić information content (AvgIpc) is 2.50. The molecule has 0 aliphatic carbocycles. The first-order chi connectivity index (χ1) is 10.2. The number of benzene rings is 2. The molecule has 0 aliphatic rings. The number of unbranched alkanes of at least 4 members (excludes halogenated alkanes) is 2. The van der Waals surface area contributed by atoms with Crippen LogP contribution in [0.3, 0.4) is 0 Å². The summed E-state index contributed by atoms with van der Waals surface area (Å²) in [5, 5.41) is 0. The van der Waals surface area contributed by atoms with Gasteiger partial charge in [0.15, 0.2) is 0 Å². The Balaban J connectivity index is 1.60. The minimum absolute atomic E-state index is 0.263. The summed E-state index contributed by atoms with van der Waals surface area (Å²) in [5.74, 6) is -0.206. The van der Waals surface area contributed by atoms with Gasteiger partial charge in [-0.3, -0.25) is 4.79 Å². The topological polar surface area (TPSA) is 26.3 Å². The zero-order valence-corrected chi connectivity index (χ0v) is 11.9. The minimum Gasteiger partial charge on any atom is -0.427 e. The van der Waals surface area contributed by atoms with Gasteiger partial charge in [-0.05, 0) is 49.1 Å². The molecule has 0 saturated heterocycles. The van der Waals surface area contributed by atoms with Crippen LogP contribution in [0.25, 0.3) is 0 Å². The van der Waals surface area contributed by atoms with E-state index in [1.165, 1.54) is 29.8 Å². The van der Waals surface area contributed by atoms with E-state index in [4.69, 9.17) is 4.74 Å². The number of hydrogen-bond acceptors (Lipinski definition) is 2. The van der Waals surface area contributed by atoms with Crippen molar-refractivity contribution in [3.05, 3.63) is 66.0 Å². The number of carbonyl (C=O) groups excluding carboxylic acids is 1. The van der Waals surface area contributed by atoms with E-state index in [1.54, 1.807) is 0 Å². The molecule has 0 amide bonds. The third-order valence-electron chi connectivity index (χ3n) is 3.23. The second-order valence-electron chi connectivity index (χ2n) is 4.97. The molecule has 0 bridgehead atoms. The van der Waals surface area contributed by atoms with Gasteiger partial charge in [-0.15, -0.1) is 0 Å². The molecule has 21 heavy (non-hydrogen) atoms. The van der Waals surface area contributed by atoms with E-state index in [9.17, 15) is 9.18 Å². The molecule has 0 atom stereocenters. The van der Waals surface area contributed by atoms with Gasteiger partial charge in [0.25, 0.3) is 0 Å². The highest BCUT2D eigenvalue weighted by Gasteiger charge is 2.04. The molecule has 0 radical (unpaired) electrons. The zero-order chi connectivity index (χ0) is 14.9. The van der Waals surface area contributed by atoms with Gasteiger partial charge < -0.3 is 4.74 Å². The Bertz CT molecular complexity index is 549. The predicted octanol–water partition coefficient (Wildman–Crippen LogP) is 4.53. The van der Waals surface area contributed by atoms with Crippen LogP contribution in [0.4, 0.5) is 4.39 Å². The van der Waals surface area contributed by atoms with Gasteiger partial charge >= 0.3 is 5.97 Å². The number of halogens is 1. The highest BCUT2D eigenvalue weighted by Crippen LogP contribution is 2.13. The third kappa shape index (κ3) is 5.78. The van der Waals surface area contributed by atoms with Crippen LogP contribution in [0, 0.1) is 5.82 Å². The number of hydrogen-bond donors (Lipinski definition) is 0. The first-order valence-electron chi connectivity index (χ1n) is 7.24. The molecule has 0 aromatic heterocycles. The van der Waals surface area contributed by atoms with Gasteiger partial charge in [0.05, 0.1) is 0 Å². The molecule has 0 heterocycles. The molecular weight excluding hydrogens is 267 g/mol. The number of rotatable bonds is 7. The van der Waals surface area contributed by atoms with Gasteiger partial charge in [0.1, 0.15) is 11.6 Å². The van der Waals surface area contributed by atoms with E-state index in [1.807, 2.05) is 18.2 Å². The van der Waals surface area contributed by atoms with Crippen LogP contribution in [0.1, 0.15) is 31.2 Å². The van der Waals surface area contributed by atoms with E-state index in [-0.39, 0.29) is 11.8 Å². The quantitative estimate of drug-likeness (QED) is 0.424. The van der Waals surface area contributed by atoms with Crippen LogP contribution in [0.2, 0.25) is 0 Å². The molecule has 0 N–H and O–H groups in total. The lowest BCUT2D eigenvalue weighted by molar-refractivity contribution is -0.134. The summed E-state index contributed by atoms with van der Waals surface area (Å²) in [7, 11) is 0. The first-order valence-corrected chi connectivity index (χ1v) is 7.24. The van der Waals surface area contributed by atoms with Gasteiger partial charge in [-0.1, -0.05) is 36.8 Å². The molecule has 3 heteroatoms. The minimum atomic E-state index is -0.337. The highest BCUT2D eigenvalue weighted by molar-refractivity contribution is 5.72. The van der Waals surface area contributed by atoms with E-state index < -0.39 is 0 Å². The maximum atomic E-state index is 12.7. The molecule has 2 aromatic rings. The second-order valence-corrected chi connectivity index (χ2v) is 4.97.